The lowest BCUT2D eigenvalue weighted by Gasteiger charge is -2.31. The van der Waals surface area contributed by atoms with Gasteiger partial charge >= 0.3 is 0 Å². The molecule has 1 saturated carbocycles. The molecule has 1 fully saturated rings. The number of fused-ring (bicyclic) bond motifs is 1. The highest BCUT2D eigenvalue weighted by atomic mass is 16.2. The molecular weight excluding hydrogens is 422 g/mol. The number of rotatable bonds is 4. The monoisotopic (exact) mass is 457 g/mol. The molecule has 5 heteroatoms. The highest BCUT2D eigenvalue weighted by Gasteiger charge is 2.32. The van der Waals surface area contributed by atoms with Crippen LogP contribution in [0.2, 0.25) is 0 Å². The minimum Gasteiger partial charge on any atom is -0.336 e. The van der Waals surface area contributed by atoms with Gasteiger partial charge in [0.05, 0.1) is 18.3 Å². The van der Waals surface area contributed by atoms with Crippen LogP contribution in [0.5, 0.6) is 0 Å². The Morgan fingerprint density at radius 1 is 0.941 bits per heavy atom. The summed E-state index contributed by atoms with van der Waals surface area (Å²) in [5.41, 5.74) is 3.64. The predicted octanol–water partition coefficient (Wildman–Crippen LogP) is 5.29. The van der Waals surface area contributed by atoms with Crippen molar-refractivity contribution in [2.45, 2.75) is 65.5 Å². The smallest absolute Gasteiger partial charge is 0.257 e. The van der Waals surface area contributed by atoms with E-state index < -0.39 is 0 Å². The fraction of sp³-hybridized carbons (Fsp3) is 0.414. The van der Waals surface area contributed by atoms with E-state index in [9.17, 15) is 9.59 Å². The zero-order valence-electron chi connectivity index (χ0n) is 20.5. The van der Waals surface area contributed by atoms with Crippen LogP contribution in [0.4, 0.5) is 0 Å². The first-order valence-electron chi connectivity index (χ1n) is 12.6. The Hall–Kier alpha value is -3.21. The van der Waals surface area contributed by atoms with Gasteiger partial charge in [-0.15, -0.1) is 0 Å². The Morgan fingerprint density at radius 3 is 2.06 bits per heavy atom. The van der Waals surface area contributed by atoms with Gasteiger partial charge in [0.25, 0.3) is 5.56 Å². The van der Waals surface area contributed by atoms with Gasteiger partial charge in [0, 0.05) is 18.0 Å². The molecule has 5 nitrogen and oxygen atoms in total. The van der Waals surface area contributed by atoms with Gasteiger partial charge in [-0.25, -0.2) is 4.98 Å². The molecule has 0 saturated heterocycles. The second-order valence-electron chi connectivity index (χ2n) is 8.97. The Balaban J connectivity index is 0.00000133. The van der Waals surface area contributed by atoms with Crippen molar-refractivity contribution in [2.24, 2.45) is 5.92 Å². The van der Waals surface area contributed by atoms with E-state index in [0.29, 0.717) is 25.3 Å². The first-order chi connectivity index (χ1) is 16.6. The zero-order valence-corrected chi connectivity index (χ0v) is 20.5. The van der Waals surface area contributed by atoms with Crippen LogP contribution in [0.1, 0.15) is 73.8 Å². The fourth-order valence-electron chi connectivity index (χ4n) is 5.31. The van der Waals surface area contributed by atoms with E-state index >= 15 is 0 Å². The molecule has 5 rings (SSSR count). The van der Waals surface area contributed by atoms with Gasteiger partial charge in [0.15, 0.2) is 0 Å². The maximum absolute atomic E-state index is 13.8. The molecule has 1 aromatic heterocycles. The molecular formula is C29H35N3O2. The van der Waals surface area contributed by atoms with Gasteiger partial charge in [-0.3, -0.25) is 14.2 Å². The maximum Gasteiger partial charge on any atom is 0.257 e. The second-order valence-corrected chi connectivity index (χ2v) is 8.97. The van der Waals surface area contributed by atoms with E-state index in [4.69, 9.17) is 4.98 Å². The molecule has 2 aromatic carbocycles. The molecule has 3 aromatic rings. The normalized spacial score (nSPS) is 15.6. The van der Waals surface area contributed by atoms with Gasteiger partial charge in [0.2, 0.25) is 5.91 Å². The number of carbonyl (C=O) groups excluding carboxylic acids is 1. The van der Waals surface area contributed by atoms with Crippen LogP contribution in [0.15, 0.2) is 65.5 Å². The van der Waals surface area contributed by atoms with Crippen LogP contribution < -0.4 is 5.56 Å². The van der Waals surface area contributed by atoms with Gasteiger partial charge in [-0.1, -0.05) is 87.4 Å². The third-order valence-electron chi connectivity index (χ3n) is 6.95. The van der Waals surface area contributed by atoms with Crippen molar-refractivity contribution in [1.29, 1.82) is 0 Å². The Kier molecular flexibility index (Phi) is 7.61. The maximum atomic E-state index is 13.8. The number of aromatic nitrogens is 2. The van der Waals surface area contributed by atoms with Crippen LogP contribution >= 0.6 is 0 Å². The summed E-state index contributed by atoms with van der Waals surface area (Å²) in [5.74, 6) is 1.07. The molecule has 2 heterocycles. The lowest BCUT2D eigenvalue weighted by Crippen LogP contribution is -2.43. The molecule has 0 bridgehead atoms. The van der Waals surface area contributed by atoms with Gasteiger partial charge in [-0.05, 0) is 37.3 Å². The molecule has 0 unspecified atom stereocenters. The first-order valence-corrected chi connectivity index (χ1v) is 12.6. The standard InChI is InChI=1S/C27H29N3O2.C2H6/c1-19-28-24-18-29(26(31)22-14-8-9-15-22)17-16-23(24)27(32)30(19)25(20-10-4-2-5-11-20)21-12-6-3-7-13-21;1-2/h2-7,10-13,22,25H,8-9,14-18H2,1H3;1-2H3. The van der Waals surface area contributed by atoms with Crippen LogP contribution in [0.25, 0.3) is 0 Å². The predicted molar refractivity (Wildman–Crippen MR) is 136 cm³/mol. The third kappa shape index (κ3) is 4.70. The number of aryl methyl sites for hydroxylation is 1. The average Bonchev–Trinajstić information content (AvgIpc) is 3.43. The summed E-state index contributed by atoms with van der Waals surface area (Å²) in [6, 6.07) is 20.0. The highest BCUT2D eigenvalue weighted by Crippen LogP contribution is 2.30. The minimum atomic E-state index is -0.235. The Morgan fingerprint density at radius 2 is 1.50 bits per heavy atom. The molecule has 1 amide bonds. The van der Waals surface area contributed by atoms with Crippen LogP contribution in [0, 0.1) is 12.8 Å². The van der Waals surface area contributed by atoms with Crippen LogP contribution in [-0.4, -0.2) is 26.9 Å². The highest BCUT2D eigenvalue weighted by molar-refractivity contribution is 5.79. The van der Waals surface area contributed by atoms with Crippen molar-refractivity contribution in [3.05, 3.63) is 99.2 Å². The fourth-order valence-corrected chi connectivity index (χ4v) is 5.31. The summed E-state index contributed by atoms with van der Waals surface area (Å²) in [6.07, 6.45) is 4.83. The van der Waals surface area contributed by atoms with E-state index in [0.717, 1.165) is 48.1 Å². The Bertz CT molecular complexity index is 1130. The molecule has 1 aliphatic heterocycles. The van der Waals surface area contributed by atoms with Gasteiger partial charge < -0.3 is 4.90 Å². The number of benzene rings is 2. The van der Waals surface area contributed by atoms with Gasteiger partial charge in [-0.2, -0.15) is 0 Å². The van der Waals surface area contributed by atoms with E-state index in [-0.39, 0.29) is 23.4 Å². The molecule has 0 N–H and O–H groups in total. The SMILES string of the molecule is CC.Cc1nc2c(c(=O)n1C(c1ccccc1)c1ccccc1)CCN(C(=O)C1CCCC1)C2. The summed E-state index contributed by atoms with van der Waals surface area (Å²) in [4.78, 5) is 33.5. The summed E-state index contributed by atoms with van der Waals surface area (Å²) in [5, 5.41) is 0. The molecule has 0 spiro atoms. The first kappa shape index (κ1) is 23.9. The number of nitrogens with zero attached hydrogens (tertiary/aromatic N) is 3. The molecule has 34 heavy (non-hydrogen) atoms. The quantitative estimate of drug-likeness (QED) is 0.535. The molecule has 0 atom stereocenters. The second kappa shape index (κ2) is 10.8. The van der Waals surface area contributed by atoms with E-state index in [1.54, 1.807) is 0 Å². The summed E-state index contributed by atoms with van der Waals surface area (Å²) >= 11 is 0. The number of carbonyl (C=O) groups is 1. The van der Waals surface area contributed by atoms with Crippen LogP contribution in [0.3, 0.4) is 0 Å². The summed E-state index contributed by atoms with van der Waals surface area (Å²) < 4.78 is 1.83. The van der Waals surface area contributed by atoms with Crippen molar-refractivity contribution in [1.82, 2.24) is 14.5 Å². The van der Waals surface area contributed by atoms with Crippen molar-refractivity contribution in [3.8, 4) is 0 Å². The molecule has 178 valence electrons. The third-order valence-corrected chi connectivity index (χ3v) is 6.95. The zero-order chi connectivity index (χ0) is 24.1. The van der Waals surface area contributed by atoms with Gasteiger partial charge in [0.1, 0.15) is 5.82 Å². The number of amides is 1. The van der Waals surface area contributed by atoms with Crippen LogP contribution in [-0.2, 0) is 17.8 Å². The van der Waals surface area contributed by atoms with E-state index in [1.165, 1.54) is 0 Å². The lowest BCUT2D eigenvalue weighted by molar-refractivity contribution is -0.136. The van der Waals surface area contributed by atoms with Crippen molar-refractivity contribution >= 4 is 5.91 Å². The number of hydrogen-bond donors (Lipinski definition) is 0. The van der Waals surface area contributed by atoms with E-state index in [2.05, 4.69) is 24.3 Å². The molecule has 0 radical (unpaired) electrons. The summed E-state index contributed by atoms with van der Waals surface area (Å²) in [7, 11) is 0. The van der Waals surface area contributed by atoms with Crippen molar-refractivity contribution in [2.75, 3.05) is 6.54 Å². The molecule has 2 aliphatic rings. The van der Waals surface area contributed by atoms with Crippen molar-refractivity contribution in [3.63, 3.8) is 0 Å². The molecule has 1 aliphatic carbocycles. The minimum absolute atomic E-state index is 0.0122. The average molecular weight is 458 g/mol. The Labute approximate surface area is 202 Å². The number of hydrogen-bond acceptors (Lipinski definition) is 3. The summed E-state index contributed by atoms with van der Waals surface area (Å²) in [6.45, 7) is 6.95. The van der Waals surface area contributed by atoms with Crippen molar-refractivity contribution < 1.29 is 4.79 Å². The van der Waals surface area contributed by atoms with E-state index in [1.807, 2.05) is 66.6 Å². The largest absolute Gasteiger partial charge is 0.336 e. The lowest BCUT2D eigenvalue weighted by atomic mass is 9.97. The topological polar surface area (TPSA) is 55.2 Å².